The van der Waals surface area contributed by atoms with Crippen LogP contribution in [0.4, 0.5) is 0 Å². The van der Waals surface area contributed by atoms with Gasteiger partial charge in [0.2, 0.25) is 5.91 Å². The first-order valence-corrected chi connectivity index (χ1v) is 13.0. The van der Waals surface area contributed by atoms with Gasteiger partial charge in [0, 0.05) is 42.3 Å². The zero-order chi connectivity index (χ0) is 25.0. The quantitative estimate of drug-likeness (QED) is 0.408. The summed E-state index contributed by atoms with van der Waals surface area (Å²) in [6.45, 7) is 8.61. The molecule has 1 aromatic carbocycles. The summed E-state index contributed by atoms with van der Waals surface area (Å²) in [6.07, 6.45) is 5.68. The van der Waals surface area contributed by atoms with Crippen molar-refractivity contribution in [1.82, 2.24) is 29.8 Å². The second kappa shape index (κ2) is 9.01. The Hall–Kier alpha value is -3.23. The molecule has 188 valence electrons. The van der Waals surface area contributed by atoms with Crippen LogP contribution in [-0.2, 0) is 4.79 Å². The minimum atomic E-state index is -0.411. The molecular formula is C28H34N6O2. The molecule has 0 unspecified atom stereocenters. The van der Waals surface area contributed by atoms with Gasteiger partial charge in [-0.3, -0.25) is 4.79 Å². The molecule has 0 spiro atoms. The number of hydrogen-bond donors (Lipinski definition) is 3. The van der Waals surface area contributed by atoms with Crippen molar-refractivity contribution in [3.63, 3.8) is 0 Å². The van der Waals surface area contributed by atoms with Crippen LogP contribution in [0.1, 0.15) is 61.6 Å². The summed E-state index contributed by atoms with van der Waals surface area (Å²) >= 11 is 0. The van der Waals surface area contributed by atoms with E-state index in [2.05, 4.69) is 71.6 Å². The van der Waals surface area contributed by atoms with E-state index in [1.165, 1.54) is 16.5 Å². The number of aromatic nitrogens is 4. The molecule has 0 aliphatic carbocycles. The van der Waals surface area contributed by atoms with Gasteiger partial charge < -0.3 is 20.3 Å². The highest BCUT2D eigenvalue weighted by molar-refractivity contribution is 5.92. The third-order valence-electron chi connectivity index (χ3n) is 7.97. The Balaban J connectivity index is 1.28. The monoisotopic (exact) mass is 486 g/mol. The van der Waals surface area contributed by atoms with Gasteiger partial charge in [0.25, 0.3) is 0 Å². The SMILES string of the molecule is Cc1cc(-c2[nH]c3ccc(C4CCN(C(=O)[C@H]5C[C@@H](O)CN5)CC4)cc3c2C(C)C)cn2ncnc12. The van der Waals surface area contributed by atoms with Gasteiger partial charge in [0.05, 0.1) is 17.8 Å². The molecule has 6 rings (SSSR count). The summed E-state index contributed by atoms with van der Waals surface area (Å²) in [5.41, 5.74) is 8.06. The molecule has 0 bridgehead atoms. The van der Waals surface area contributed by atoms with E-state index < -0.39 is 6.10 Å². The number of nitrogens with one attached hydrogen (secondary N) is 2. The number of amides is 1. The van der Waals surface area contributed by atoms with E-state index in [1.807, 2.05) is 9.42 Å². The maximum Gasteiger partial charge on any atom is 0.239 e. The Morgan fingerprint density at radius 3 is 2.72 bits per heavy atom. The van der Waals surface area contributed by atoms with Crippen LogP contribution in [0.5, 0.6) is 0 Å². The van der Waals surface area contributed by atoms with Gasteiger partial charge in [-0.25, -0.2) is 9.50 Å². The topological polar surface area (TPSA) is 98.5 Å². The fourth-order valence-electron chi connectivity index (χ4n) is 6.10. The predicted molar refractivity (Wildman–Crippen MR) is 140 cm³/mol. The van der Waals surface area contributed by atoms with Crippen molar-refractivity contribution in [2.24, 2.45) is 0 Å². The number of carbonyl (C=O) groups is 1. The highest BCUT2D eigenvalue weighted by Gasteiger charge is 2.33. The Kier molecular flexibility index (Phi) is 5.80. The second-order valence-electron chi connectivity index (χ2n) is 10.8. The Morgan fingerprint density at radius 1 is 1.19 bits per heavy atom. The van der Waals surface area contributed by atoms with Crippen molar-refractivity contribution in [3.8, 4) is 11.3 Å². The highest BCUT2D eigenvalue weighted by atomic mass is 16.3. The molecule has 2 saturated heterocycles. The van der Waals surface area contributed by atoms with Gasteiger partial charge in [0.15, 0.2) is 5.65 Å². The molecule has 0 saturated carbocycles. The number of hydrogen-bond acceptors (Lipinski definition) is 5. The Labute approximate surface area is 210 Å². The normalized spacial score (nSPS) is 21.3. The largest absolute Gasteiger partial charge is 0.392 e. The number of carbonyl (C=O) groups excluding carboxylic acids is 1. The number of benzene rings is 1. The first-order chi connectivity index (χ1) is 17.4. The lowest BCUT2D eigenvalue weighted by Gasteiger charge is -2.34. The molecule has 8 heteroatoms. The number of aliphatic hydroxyl groups excluding tert-OH is 1. The number of aromatic amines is 1. The fraction of sp³-hybridized carbons (Fsp3) is 0.464. The molecule has 2 atom stereocenters. The van der Waals surface area contributed by atoms with Gasteiger partial charge in [-0.2, -0.15) is 5.10 Å². The molecule has 2 fully saturated rings. The molecule has 3 aromatic heterocycles. The van der Waals surface area contributed by atoms with Gasteiger partial charge in [0.1, 0.15) is 6.33 Å². The van der Waals surface area contributed by atoms with Gasteiger partial charge in [-0.05, 0) is 72.9 Å². The first kappa shape index (κ1) is 23.2. The van der Waals surface area contributed by atoms with Crippen molar-refractivity contribution in [3.05, 3.63) is 53.5 Å². The molecule has 0 radical (unpaired) electrons. The summed E-state index contributed by atoms with van der Waals surface area (Å²) in [6, 6.07) is 8.77. The van der Waals surface area contributed by atoms with Crippen LogP contribution >= 0.6 is 0 Å². The summed E-state index contributed by atoms with van der Waals surface area (Å²) < 4.78 is 1.85. The van der Waals surface area contributed by atoms with Crippen molar-refractivity contribution in [2.45, 2.75) is 64.0 Å². The lowest BCUT2D eigenvalue weighted by Crippen LogP contribution is -2.46. The van der Waals surface area contributed by atoms with Crippen LogP contribution in [0.15, 0.2) is 36.8 Å². The minimum absolute atomic E-state index is 0.137. The standard InChI is InChI=1S/C28H34N6O2/c1-16(2)25-22-11-19(18-6-8-33(9-7-18)28(36)24-12-21(35)13-29-24)4-5-23(22)32-26(25)20-10-17(3)27-30-15-31-34(27)14-20/h4-5,10-11,14-16,18,21,24,29,32,35H,6-9,12-13H2,1-3H3/t21-,24-/m1/s1. The average Bonchev–Trinajstić information content (AvgIpc) is 3.61. The van der Waals surface area contributed by atoms with E-state index in [1.54, 1.807) is 6.33 Å². The van der Waals surface area contributed by atoms with E-state index in [0.717, 1.165) is 53.9 Å². The molecule has 3 N–H and O–H groups in total. The summed E-state index contributed by atoms with van der Waals surface area (Å²) in [7, 11) is 0. The van der Waals surface area contributed by atoms with Crippen molar-refractivity contribution in [2.75, 3.05) is 19.6 Å². The first-order valence-electron chi connectivity index (χ1n) is 13.0. The summed E-state index contributed by atoms with van der Waals surface area (Å²) in [4.78, 5) is 22.9. The van der Waals surface area contributed by atoms with Gasteiger partial charge in [-0.15, -0.1) is 0 Å². The maximum atomic E-state index is 12.8. The van der Waals surface area contributed by atoms with Crippen LogP contribution < -0.4 is 5.32 Å². The number of aliphatic hydroxyl groups is 1. The predicted octanol–water partition coefficient (Wildman–Crippen LogP) is 3.74. The molecule has 8 nitrogen and oxygen atoms in total. The van der Waals surface area contributed by atoms with E-state index in [-0.39, 0.29) is 11.9 Å². The summed E-state index contributed by atoms with van der Waals surface area (Å²) in [5.74, 6) is 0.926. The number of fused-ring (bicyclic) bond motifs is 2. The maximum absolute atomic E-state index is 12.8. The fourth-order valence-corrected chi connectivity index (χ4v) is 6.10. The third kappa shape index (κ3) is 3.98. The molecule has 4 aromatic rings. The molecule has 5 heterocycles. The van der Waals surface area contributed by atoms with Crippen LogP contribution in [0.3, 0.4) is 0 Å². The molecule has 1 amide bonds. The van der Waals surface area contributed by atoms with Crippen LogP contribution in [0.25, 0.3) is 27.8 Å². The number of nitrogens with zero attached hydrogens (tertiary/aromatic N) is 4. The number of likely N-dealkylation sites (tertiary alicyclic amines) is 1. The van der Waals surface area contributed by atoms with Crippen molar-refractivity contribution < 1.29 is 9.90 Å². The van der Waals surface area contributed by atoms with Crippen LogP contribution in [0.2, 0.25) is 0 Å². The van der Waals surface area contributed by atoms with E-state index in [9.17, 15) is 9.90 Å². The third-order valence-corrected chi connectivity index (χ3v) is 7.97. The molecule has 2 aliphatic heterocycles. The van der Waals surface area contributed by atoms with Gasteiger partial charge in [-0.1, -0.05) is 19.9 Å². The molecular weight excluding hydrogens is 452 g/mol. The van der Waals surface area contributed by atoms with Crippen molar-refractivity contribution >= 4 is 22.5 Å². The Bertz CT molecular complexity index is 1430. The lowest BCUT2D eigenvalue weighted by atomic mass is 9.87. The number of pyridine rings is 1. The zero-order valence-electron chi connectivity index (χ0n) is 21.2. The zero-order valence-corrected chi connectivity index (χ0v) is 21.2. The lowest BCUT2D eigenvalue weighted by molar-refractivity contribution is -0.134. The van der Waals surface area contributed by atoms with Crippen LogP contribution in [-0.4, -0.2) is 67.3 Å². The van der Waals surface area contributed by atoms with E-state index in [4.69, 9.17) is 0 Å². The van der Waals surface area contributed by atoms with E-state index in [0.29, 0.717) is 24.8 Å². The minimum Gasteiger partial charge on any atom is -0.392 e. The van der Waals surface area contributed by atoms with Crippen LogP contribution in [0, 0.1) is 6.92 Å². The second-order valence-corrected chi connectivity index (χ2v) is 10.8. The molecule has 2 aliphatic rings. The number of rotatable bonds is 4. The van der Waals surface area contributed by atoms with E-state index >= 15 is 0 Å². The number of H-pyrrole nitrogens is 1. The Morgan fingerprint density at radius 2 is 2.00 bits per heavy atom. The number of aryl methyl sites for hydroxylation is 1. The van der Waals surface area contributed by atoms with Gasteiger partial charge >= 0.3 is 0 Å². The highest BCUT2D eigenvalue weighted by Crippen LogP contribution is 2.38. The number of β-amino-alcohol motifs (C(OH)–C–C–N with tert-alkyl or cyclic N) is 1. The average molecular weight is 487 g/mol. The smallest absolute Gasteiger partial charge is 0.239 e. The summed E-state index contributed by atoms with van der Waals surface area (Å²) in [5, 5.41) is 18.6. The number of piperidine rings is 1. The molecule has 36 heavy (non-hydrogen) atoms. The van der Waals surface area contributed by atoms with Crippen molar-refractivity contribution in [1.29, 1.82) is 0 Å².